The minimum Gasteiger partial charge on any atom is -0.381 e. The van der Waals surface area contributed by atoms with E-state index >= 15 is 0 Å². The highest BCUT2D eigenvalue weighted by molar-refractivity contribution is 5.85. The molecule has 1 aliphatic rings. The lowest BCUT2D eigenvalue weighted by atomic mass is 9.87. The molecule has 1 aromatic rings. The Kier molecular flexibility index (Phi) is 5.72. The molecular formula is C13H19ClN2O3. The monoisotopic (exact) mass is 286 g/mol. The Bertz CT molecular complexity index is 448. The second-order valence-corrected chi connectivity index (χ2v) is 4.78. The van der Waals surface area contributed by atoms with Crippen molar-refractivity contribution in [2.24, 2.45) is 11.7 Å². The van der Waals surface area contributed by atoms with E-state index in [9.17, 15) is 10.1 Å². The van der Waals surface area contributed by atoms with E-state index in [2.05, 4.69) is 0 Å². The maximum atomic E-state index is 10.9. The molecule has 0 bridgehead atoms. The van der Waals surface area contributed by atoms with Gasteiger partial charge >= 0.3 is 0 Å². The first-order valence-corrected chi connectivity index (χ1v) is 6.18. The van der Waals surface area contributed by atoms with Crippen LogP contribution < -0.4 is 5.73 Å². The quantitative estimate of drug-likeness (QED) is 0.684. The van der Waals surface area contributed by atoms with E-state index < -0.39 is 0 Å². The Morgan fingerprint density at radius 2 is 2.05 bits per heavy atom. The lowest BCUT2D eigenvalue weighted by Gasteiger charge is -2.27. The summed E-state index contributed by atoms with van der Waals surface area (Å²) in [5, 5.41) is 10.9. The summed E-state index contributed by atoms with van der Waals surface area (Å²) in [6, 6.07) is 5.12. The number of benzene rings is 1. The minimum absolute atomic E-state index is 0. The van der Waals surface area contributed by atoms with Gasteiger partial charge in [-0.15, -0.1) is 12.4 Å². The third kappa shape index (κ3) is 3.65. The second-order valence-electron chi connectivity index (χ2n) is 4.78. The zero-order chi connectivity index (χ0) is 13.1. The molecule has 0 unspecified atom stereocenters. The summed E-state index contributed by atoms with van der Waals surface area (Å²) in [6.07, 6.45) is 1.84. The molecule has 1 fully saturated rings. The maximum Gasteiger partial charge on any atom is 0.272 e. The first kappa shape index (κ1) is 15.9. The lowest BCUT2D eigenvalue weighted by molar-refractivity contribution is -0.385. The predicted octanol–water partition coefficient (Wildman–Crippen LogP) is 2.75. The number of nitro groups is 1. The van der Waals surface area contributed by atoms with Crippen molar-refractivity contribution in [2.75, 3.05) is 13.2 Å². The lowest BCUT2D eigenvalue weighted by Crippen LogP contribution is -2.27. The van der Waals surface area contributed by atoms with Gasteiger partial charge in [0.25, 0.3) is 5.69 Å². The van der Waals surface area contributed by atoms with Crippen molar-refractivity contribution in [3.63, 3.8) is 0 Å². The van der Waals surface area contributed by atoms with E-state index in [1.807, 2.05) is 6.07 Å². The number of halogens is 1. The summed E-state index contributed by atoms with van der Waals surface area (Å²) in [4.78, 5) is 10.6. The van der Waals surface area contributed by atoms with Crippen molar-refractivity contribution >= 4 is 18.1 Å². The summed E-state index contributed by atoms with van der Waals surface area (Å²) >= 11 is 0. The van der Waals surface area contributed by atoms with Gasteiger partial charge in [-0.2, -0.15) is 0 Å². The van der Waals surface area contributed by atoms with Gasteiger partial charge in [0.1, 0.15) is 0 Å². The molecule has 2 rings (SSSR count). The molecule has 1 saturated heterocycles. The third-order valence-corrected chi connectivity index (χ3v) is 3.59. The molecule has 1 aliphatic heterocycles. The van der Waals surface area contributed by atoms with E-state index in [0.29, 0.717) is 11.5 Å². The molecule has 0 aliphatic carbocycles. The summed E-state index contributed by atoms with van der Waals surface area (Å²) in [6.45, 7) is 3.19. The van der Waals surface area contributed by atoms with Crippen molar-refractivity contribution in [1.29, 1.82) is 0 Å². The molecular weight excluding hydrogens is 268 g/mol. The molecule has 0 radical (unpaired) electrons. The number of nitro benzene ring substituents is 1. The van der Waals surface area contributed by atoms with Gasteiger partial charge in [-0.3, -0.25) is 10.1 Å². The van der Waals surface area contributed by atoms with Crippen LogP contribution in [0.1, 0.15) is 30.0 Å². The van der Waals surface area contributed by atoms with E-state index in [1.54, 1.807) is 19.1 Å². The van der Waals surface area contributed by atoms with E-state index in [0.717, 1.165) is 31.6 Å². The first-order chi connectivity index (χ1) is 8.59. The maximum absolute atomic E-state index is 10.9. The Morgan fingerprint density at radius 3 is 2.63 bits per heavy atom. The van der Waals surface area contributed by atoms with Crippen LogP contribution in [0.2, 0.25) is 0 Å². The Hall–Kier alpha value is -1.17. The number of nitrogens with two attached hydrogens (primary N) is 1. The summed E-state index contributed by atoms with van der Waals surface area (Å²) < 4.78 is 5.30. The number of rotatable bonds is 3. The largest absolute Gasteiger partial charge is 0.381 e. The molecule has 6 heteroatoms. The van der Waals surface area contributed by atoms with Crippen LogP contribution in [-0.4, -0.2) is 18.1 Å². The molecule has 5 nitrogen and oxygen atoms in total. The van der Waals surface area contributed by atoms with Crippen LogP contribution in [-0.2, 0) is 4.74 Å². The number of hydrogen-bond donors (Lipinski definition) is 1. The van der Waals surface area contributed by atoms with Gasteiger partial charge in [-0.25, -0.2) is 0 Å². The van der Waals surface area contributed by atoms with Crippen LogP contribution in [0.4, 0.5) is 5.69 Å². The van der Waals surface area contributed by atoms with E-state index in [-0.39, 0.29) is 29.1 Å². The molecule has 19 heavy (non-hydrogen) atoms. The molecule has 1 heterocycles. The van der Waals surface area contributed by atoms with Gasteiger partial charge in [0.05, 0.1) is 4.92 Å². The highest BCUT2D eigenvalue weighted by Gasteiger charge is 2.24. The van der Waals surface area contributed by atoms with Crippen LogP contribution in [0.15, 0.2) is 18.2 Å². The molecule has 106 valence electrons. The molecule has 2 N–H and O–H groups in total. The average molecular weight is 287 g/mol. The molecule has 1 atom stereocenters. The number of ether oxygens (including phenoxy) is 1. The van der Waals surface area contributed by atoms with Crippen molar-refractivity contribution in [1.82, 2.24) is 0 Å². The van der Waals surface area contributed by atoms with Gasteiger partial charge in [0.2, 0.25) is 0 Å². The van der Waals surface area contributed by atoms with Crippen LogP contribution >= 0.6 is 12.4 Å². The normalized spacial score (nSPS) is 17.6. The Balaban J connectivity index is 0.00000180. The van der Waals surface area contributed by atoms with Crippen LogP contribution in [0.5, 0.6) is 0 Å². The molecule has 1 aromatic carbocycles. The smallest absolute Gasteiger partial charge is 0.272 e. The highest BCUT2D eigenvalue weighted by Crippen LogP contribution is 2.30. The van der Waals surface area contributed by atoms with Gasteiger partial charge in [-0.05, 0) is 31.2 Å². The van der Waals surface area contributed by atoms with Crippen molar-refractivity contribution in [3.8, 4) is 0 Å². The highest BCUT2D eigenvalue weighted by atomic mass is 35.5. The van der Waals surface area contributed by atoms with Crippen LogP contribution in [0.25, 0.3) is 0 Å². The number of hydrogen-bond acceptors (Lipinski definition) is 4. The number of aryl methyl sites for hydroxylation is 1. The second kappa shape index (κ2) is 6.84. The SMILES string of the molecule is Cc1ccc([C@H](N)C2CCOCC2)cc1[N+](=O)[O-].Cl. The fraction of sp³-hybridized carbons (Fsp3) is 0.538. The topological polar surface area (TPSA) is 78.4 Å². The Labute approximate surface area is 118 Å². The van der Waals surface area contributed by atoms with Crippen molar-refractivity contribution in [2.45, 2.75) is 25.8 Å². The third-order valence-electron chi connectivity index (χ3n) is 3.59. The number of nitrogens with zero attached hydrogens (tertiary/aromatic N) is 1. The van der Waals surface area contributed by atoms with E-state index in [4.69, 9.17) is 10.5 Å². The molecule has 0 spiro atoms. The summed E-state index contributed by atoms with van der Waals surface area (Å²) in [7, 11) is 0. The van der Waals surface area contributed by atoms with Crippen LogP contribution in [0.3, 0.4) is 0 Å². The van der Waals surface area contributed by atoms with E-state index in [1.165, 1.54) is 0 Å². The molecule has 0 saturated carbocycles. The molecule has 0 aromatic heterocycles. The van der Waals surface area contributed by atoms with Crippen LogP contribution in [0, 0.1) is 23.0 Å². The standard InChI is InChI=1S/C13H18N2O3.ClH/c1-9-2-3-11(8-12(9)15(16)17)13(14)10-4-6-18-7-5-10;/h2-3,8,10,13H,4-7,14H2,1H3;1H/t13-;/m1./s1. The fourth-order valence-electron chi connectivity index (χ4n) is 2.38. The summed E-state index contributed by atoms with van der Waals surface area (Å²) in [5.74, 6) is 0.348. The van der Waals surface area contributed by atoms with Crippen molar-refractivity contribution < 1.29 is 9.66 Å². The first-order valence-electron chi connectivity index (χ1n) is 6.18. The zero-order valence-electron chi connectivity index (χ0n) is 10.9. The van der Waals surface area contributed by atoms with Crippen molar-refractivity contribution in [3.05, 3.63) is 39.4 Å². The summed E-state index contributed by atoms with van der Waals surface area (Å²) in [5.41, 5.74) is 7.87. The van der Waals surface area contributed by atoms with Gasteiger partial charge in [-0.1, -0.05) is 12.1 Å². The average Bonchev–Trinajstić information content (AvgIpc) is 2.39. The van der Waals surface area contributed by atoms with Gasteiger partial charge in [0, 0.05) is 30.9 Å². The molecule has 0 amide bonds. The predicted molar refractivity (Wildman–Crippen MR) is 75.6 cm³/mol. The van der Waals surface area contributed by atoms with Gasteiger partial charge in [0.15, 0.2) is 0 Å². The van der Waals surface area contributed by atoms with Gasteiger partial charge < -0.3 is 10.5 Å². The Morgan fingerprint density at radius 1 is 1.42 bits per heavy atom. The minimum atomic E-state index is -0.352. The zero-order valence-corrected chi connectivity index (χ0v) is 11.7. The fourth-order valence-corrected chi connectivity index (χ4v) is 2.38.